The van der Waals surface area contributed by atoms with Crippen LogP contribution in [0.3, 0.4) is 0 Å². The Labute approximate surface area is 142 Å². The lowest BCUT2D eigenvalue weighted by molar-refractivity contribution is 0.458. The van der Waals surface area contributed by atoms with Gasteiger partial charge in [-0.25, -0.2) is 0 Å². The number of unbranched alkanes of at least 4 members (excludes halogenated alkanes) is 8. The molecule has 0 spiro atoms. The third-order valence-corrected chi connectivity index (χ3v) is 5.67. The molecule has 3 nitrogen and oxygen atoms in total. The highest BCUT2D eigenvalue weighted by atomic mass is 32.2. The normalized spacial score (nSPS) is 13.2. The molecule has 132 valence electrons. The molecule has 0 aliphatic rings. The first kappa shape index (κ1) is 20.2. The molecular weight excluding hydrogens is 308 g/mol. The van der Waals surface area contributed by atoms with Crippen LogP contribution in [0.25, 0.3) is 0 Å². The van der Waals surface area contributed by atoms with E-state index in [1.807, 2.05) is 31.2 Å². The molecule has 1 aromatic rings. The minimum atomic E-state index is -4.05. The molecule has 0 bridgehead atoms. The molecular formula is C19H32O3S. The zero-order valence-corrected chi connectivity index (χ0v) is 15.4. The molecule has 4 heteroatoms. The van der Waals surface area contributed by atoms with Crippen molar-refractivity contribution in [3.05, 3.63) is 35.4 Å². The first-order chi connectivity index (χ1) is 11.0. The van der Waals surface area contributed by atoms with Crippen LogP contribution in [0.4, 0.5) is 0 Å². The van der Waals surface area contributed by atoms with E-state index in [0.29, 0.717) is 6.42 Å². The number of benzene rings is 1. The maximum absolute atomic E-state index is 11.7. The van der Waals surface area contributed by atoms with E-state index in [2.05, 4.69) is 6.92 Å². The Kier molecular flexibility index (Phi) is 9.49. The van der Waals surface area contributed by atoms with Gasteiger partial charge in [0.1, 0.15) is 5.25 Å². The number of hydrogen-bond donors (Lipinski definition) is 1. The van der Waals surface area contributed by atoms with Crippen LogP contribution in [0.5, 0.6) is 0 Å². The summed E-state index contributed by atoms with van der Waals surface area (Å²) < 4.78 is 33.0. The Morgan fingerprint density at radius 2 is 1.43 bits per heavy atom. The lowest BCUT2D eigenvalue weighted by Crippen LogP contribution is -2.13. The summed E-state index contributed by atoms with van der Waals surface area (Å²) >= 11 is 0. The first-order valence-corrected chi connectivity index (χ1v) is 10.5. The molecule has 0 saturated carbocycles. The summed E-state index contributed by atoms with van der Waals surface area (Å²) in [7, 11) is -4.05. The van der Waals surface area contributed by atoms with Crippen LogP contribution in [-0.4, -0.2) is 13.0 Å². The Morgan fingerprint density at radius 1 is 0.913 bits per heavy atom. The monoisotopic (exact) mass is 340 g/mol. The molecule has 0 saturated heterocycles. The Hall–Kier alpha value is -0.870. The maximum atomic E-state index is 11.7. The van der Waals surface area contributed by atoms with E-state index in [0.717, 1.165) is 30.4 Å². The molecule has 1 rings (SSSR count). The van der Waals surface area contributed by atoms with Gasteiger partial charge in [-0.05, 0) is 24.5 Å². The van der Waals surface area contributed by atoms with Crippen molar-refractivity contribution >= 4 is 10.1 Å². The molecule has 0 aliphatic carbocycles. The number of rotatable bonds is 12. The van der Waals surface area contributed by atoms with Crippen LogP contribution in [0.15, 0.2) is 24.3 Å². The van der Waals surface area contributed by atoms with E-state index in [-0.39, 0.29) is 0 Å². The Balaban J connectivity index is 2.36. The smallest absolute Gasteiger partial charge is 0.271 e. The highest BCUT2D eigenvalue weighted by molar-refractivity contribution is 7.86. The average Bonchev–Trinajstić information content (AvgIpc) is 2.49. The number of hydrogen-bond acceptors (Lipinski definition) is 2. The molecule has 1 N–H and O–H groups in total. The molecule has 0 heterocycles. The molecule has 0 fully saturated rings. The quantitative estimate of drug-likeness (QED) is 0.384. The van der Waals surface area contributed by atoms with Crippen molar-refractivity contribution in [1.82, 2.24) is 0 Å². The minimum Gasteiger partial charge on any atom is -0.285 e. The molecule has 0 amide bonds. The average molecular weight is 341 g/mol. The van der Waals surface area contributed by atoms with E-state index in [4.69, 9.17) is 0 Å². The van der Waals surface area contributed by atoms with Crippen molar-refractivity contribution in [3.8, 4) is 0 Å². The summed E-state index contributed by atoms with van der Waals surface area (Å²) in [6.45, 7) is 4.11. The van der Waals surface area contributed by atoms with Gasteiger partial charge >= 0.3 is 0 Å². The standard InChI is InChI=1S/C19H32O3S/c1-3-4-5-6-7-8-9-10-11-16-19(23(20,21)22)18-15-13-12-14-17(18)2/h12-15,19H,3-11,16H2,1-2H3,(H,20,21,22). The molecule has 23 heavy (non-hydrogen) atoms. The lowest BCUT2D eigenvalue weighted by Gasteiger charge is -2.16. The number of aryl methyl sites for hydroxylation is 1. The van der Waals surface area contributed by atoms with Crippen LogP contribution in [-0.2, 0) is 10.1 Å². The van der Waals surface area contributed by atoms with Gasteiger partial charge in [-0.1, -0.05) is 89.0 Å². The van der Waals surface area contributed by atoms with Gasteiger partial charge in [0, 0.05) is 0 Å². The highest BCUT2D eigenvalue weighted by Gasteiger charge is 2.25. The predicted molar refractivity (Wildman–Crippen MR) is 97.3 cm³/mol. The van der Waals surface area contributed by atoms with Crippen molar-refractivity contribution in [3.63, 3.8) is 0 Å². The van der Waals surface area contributed by atoms with Gasteiger partial charge in [0.25, 0.3) is 10.1 Å². The van der Waals surface area contributed by atoms with Crippen molar-refractivity contribution in [2.75, 3.05) is 0 Å². The van der Waals surface area contributed by atoms with Crippen LogP contribution in [0.1, 0.15) is 87.5 Å². The second-order valence-electron chi connectivity index (χ2n) is 6.48. The minimum absolute atomic E-state index is 0.500. The Bertz CT molecular complexity index is 537. The van der Waals surface area contributed by atoms with Crippen molar-refractivity contribution in [2.45, 2.75) is 83.3 Å². The zero-order valence-electron chi connectivity index (χ0n) is 14.6. The van der Waals surface area contributed by atoms with Crippen molar-refractivity contribution in [2.24, 2.45) is 0 Å². The van der Waals surface area contributed by atoms with Crippen LogP contribution in [0, 0.1) is 6.92 Å². The molecule has 1 unspecified atom stereocenters. The molecule has 0 aliphatic heterocycles. The van der Waals surface area contributed by atoms with Gasteiger partial charge in [-0.2, -0.15) is 8.42 Å². The van der Waals surface area contributed by atoms with Gasteiger partial charge in [-0.3, -0.25) is 4.55 Å². The first-order valence-electron chi connectivity index (χ1n) is 8.98. The topological polar surface area (TPSA) is 54.4 Å². The van der Waals surface area contributed by atoms with Crippen molar-refractivity contribution in [1.29, 1.82) is 0 Å². The molecule has 0 radical (unpaired) electrons. The van der Waals surface area contributed by atoms with E-state index < -0.39 is 15.4 Å². The van der Waals surface area contributed by atoms with E-state index in [9.17, 15) is 13.0 Å². The van der Waals surface area contributed by atoms with Crippen LogP contribution < -0.4 is 0 Å². The summed E-state index contributed by atoms with van der Waals surface area (Å²) in [5.74, 6) is 0. The second-order valence-corrected chi connectivity index (χ2v) is 8.08. The van der Waals surface area contributed by atoms with Gasteiger partial charge in [0.15, 0.2) is 0 Å². The lowest BCUT2D eigenvalue weighted by atomic mass is 10.0. The largest absolute Gasteiger partial charge is 0.285 e. The van der Waals surface area contributed by atoms with Crippen molar-refractivity contribution < 1.29 is 13.0 Å². The Morgan fingerprint density at radius 3 is 1.96 bits per heavy atom. The van der Waals surface area contributed by atoms with E-state index in [1.165, 1.54) is 38.5 Å². The van der Waals surface area contributed by atoms with E-state index in [1.54, 1.807) is 0 Å². The summed E-state index contributed by atoms with van der Waals surface area (Å²) in [5.41, 5.74) is 1.65. The fraction of sp³-hybridized carbons (Fsp3) is 0.684. The van der Waals surface area contributed by atoms with Gasteiger partial charge in [-0.15, -0.1) is 0 Å². The maximum Gasteiger partial charge on any atom is 0.271 e. The van der Waals surface area contributed by atoms with Gasteiger partial charge in [0.2, 0.25) is 0 Å². The van der Waals surface area contributed by atoms with Crippen LogP contribution >= 0.6 is 0 Å². The molecule has 1 atom stereocenters. The molecule has 0 aromatic heterocycles. The van der Waals surface area contributed by atoms with Gasteiger partial charge in [0.05, 0.1) is 0 Å². The highest BCUT2D eigenvalue weighted by Crippen LogP contribution is 2.30. The summed E-state index contributed by atoms with van der Waals surface area (Å²) in [6, 6.07) is 7.42. The van der Waals surface area contributed by atoms with Gasteiger partial charge < -0.3 is 0 Å². The SMILES string of the molecule is CCCCCCCCCCCC(c1ccccc1C)S(=O)(=O)O. The predicted octanol–water partition coefficient (Wildman–Crippen LogP) is 5.84. The summed E-state index contributed by atoms with van der Waals surface area (Å²) in [5, 5.41) is -0.784. The third kappa shape index (κ3) is 7.98. The second kappa shape index (κ2) is 10.8. The third-order valence-electron chi connectivity index (χ3n) is 4.46. The fourth-order valence-corrected chi connectivity index (χ4v) is 4.10. The molecule has 1 aromatic carbocycles. The van der Waals surface area contributed by atoms with Crippen LogP contribution in [0.2, 0.25) is 0 Å². The zero-order chi connectivity index (χ0) is 17.1. The fourth-order valence-electron chi connectivity index (χ4n) is 3.05. The van der Waals surface area contributed by atoms with E-state index >= 15 is 0 Å². The summed E-state index contributed by atoms with van der Waals surface area (Å²) in [4.78, 5) is 0. The summed E-state index contributed by atoms with van der Waals surface area (Å²) in [6.07, 6.45) is 11.3.